The summed E-state index contributed by atoms with van der Waals surface area (Å²) in [5.41, 5.74) is 3.67. The van der Waals surface area contributed by atoms with Gasteiger partial charge in [0.25, 0.3) is 6.47 Å². The molecule has 0 bridgehead atoms. The molecule has 0 radical (unpaired) electrons. The molecule has 1 N–H and O–H groups in total. The number of aromatic amines is 1. The van der Waals surface area contributed by atoms with Crippen molar-refractivity contribution in [2.75, 3.05) is 6.61 Å². The fourth-order valence-corrected chi connectivity index (χ4v) is 2.27. The van der Waals surface area contributed by atoms with Crippen LogP contribution >= 0.6 is 15.9 Å². The van der Waals surface area contributed by atoms with Gasteiger partial charge in [0.05, 0.1) is 6.61 Å². The minimum atomic E-state index is 0.431. The van der Waals surface area contributed by atoms with Crippen LogP contribution < -0.4 is 0 Å². The molecule has 3 rings (SSSR count). The standard InChI is InChI=1S/C14H10BrN.C3H6O2/c15-11-7-5-10(6-8-11)13-9-16-14-4-2-1-3-12(13)14;1-2-5-3-4/h1-9,16H;3H,2H2,1H3. The van der Waals surface area contributed by atoms with Gasteiger partial charge in [-0.3, -0.25) is 4.79 Å². The van der Waals surface area contributed by atoms with Crippen LogP contribution in [0.4, 0.5) is 0 Å². The molecular weight excluding hydrogens is 330 g/mol. The maximum atomic E-state index is 9.18. The lowest BCUT2D eigenvalue weighted by molar-refractivity contribution is -0.128. The Morgan fingerprint density at radius 3 is 2.48 bits per heavy atom. The van der Waals surface area contributed by atoms with Crippen molar-refractivity contribution in [2.45, 2.75) is 6.92 Å². The molecule has 0 amide bonds. The average molecular weight is 346 g/mol. The van der Waals surface area contributed by atoms with Gasteiger partial charge in [0.1, 0.15) is 0 Å². The van der Waals surface area contributed by atoms with Crippen LogP contribution in [0.2, 0.25) is 0 Å². The number of ether oxygens (including phenoxy) is 1. The second kappa shape index (κ2) is 7.64. The van der Waals surface area contributed by atoms with Crippen LogP contribution in [0.5, 0.6) is 0 Å². The number of carbonyl (C=O) groups excluding carboxylic acids is 1. The van der Waals surface area contributed by atoms with Crippen molar-refractivity contribution in [3.05, 3.63) is 59.2 Å². The van der Waals surface area contributed by atoms with Crippen molar-refractivity contribution < 1.29 is 9.53 Å². The molecule has 0 fully saturated rings. The molecule has 0 spiro atoms. The van der Waals surface area contributed by atoms with E-state index in [0.717, 1.165) is 4.47 Å². The fourth-order valence-electron chi connectivity index (χ4n) is 2.01. The lowest BCUT2D eigenvalue weighted by atomic mass is 10.1. The number of rotatable bonds is 3. The zero-order chi connectivity index (χ0) is 15.1. The Hall–Kier alpha value is -2.07. The number of hydrogen-bond donors (Lipinski definition) is 1. The minimum Gasteiger partial charge on any atom is -0.468 e. The van der Waals surface area contributed by atoms with Crippen molar-refractivity contribution in [1.29, 1.82) is 0 Å². The number of nitrogens with one attached hydrogen (secondary N) is 1. The van der Waals surface area contributed by atoms with Crippen molar-refractivity contribution in [1.82, 2.24) is 4.98 Å². The SMILES string of the molecule is Brc1ccc(-c2c[nH]c3ccccc23)cc1.CCOC=O. The van der Waals surface area contributed by atoms with Gasteiger partial charge in [-0.25, -0.2) is 0 Å². The predicted octanol–water partition coefficient (Wildman–Crippen LogP) is 4.78. The fraction of sp³-hybridized carbons (Fsp3) is 0.118. The van der Waals surface area contributed by atoms with E-state index < -0.39 is 0 Å². The molecule has 0 atom stereocenters. The van der Waals surface area contributed by atoms with Gasteiger partial charge in [-0.1, -0.05) is 46.3 Å². The maximum Gasteiger partial charge on any atom is 0.293 e. The normalized spacial score (nSPS) is 9.81. The summed E-state index contributed by atoms with van der Waals surface area (Å²) in [7, 11) is 0. The van der Waals surface area contributed by atoms with E-state index in [2.05, 4.69) is 74.3 Å². The Labute approximate surface area is 132 Å². The summed E-state index contributed by atoms with van der Waals surface area (Å²) >= 11 is 3.45. The summed E-state index contributed by atoms with van der Waals surface area (Å²) in [5.74, 6) is 0. The van der Waals surface area contributed by atoms with Gasteiger partial charge in [-0.2, -0.15) is 0 Å². The van der Waals surface area contributed by atoms with Gasteiger partial charge >= 0.3 is 0 Å². The molecule has 0 aliphatic carbocycles. The first-order valence-electron chi connectivity index (χ1n) is 6.63. The van der Waals surface area contributed by atoms with Gasteiger partial charge in [0.2, 0.25) is 0 Å². The molecule has 0 saturated heterocycles. The topological polar surface area (TPSA) is 42.1 Å². The highest BCUT2D eigenvalue weighted by atomic mass is 79.9. The van der Waals surface area contributed by atoms with E-state index in [1.54, 1.807) is 6.92 Å². The Balaban J connectivity index is 0.000000282. The van der Waals surface area contributed by atoms with Crippen molar-refractivity contribution >= 4 is 33.3 Å². The summed E-state index contributed by atoms with van der Waals surface area (Å²) in [4.78, 5) is 12.5. The van der Waals surface area contributed by atoms with Crippen molar-refractivity contribution in [3.63, 3.8) is 0 Å². The number of hydrogen-bond acceptors (Lipinski definition) is 2. The summed E-state index contributed by atoms with van der Waals surface area (Å²) in [6.45, 7) is 2.66. The molecule has 4 heteroatoms. The summed E-state index contributed by atoms with van der Waals surface area (Å²) in [6.07, 6.45) is 2.06. The van der Waals surface area contributed by atoms with Crippen LogP contribution in [-0.4, -0.2) is 18.1 Å². The van der Waals surface area contributed by atoms with Gasteiger partial charge in [-0.05, 0) is 30.7 Å². The lowest BCUT2D eigenvalue weighted by Crippen LogP contribution is -1.80. The monoisotopic (exact) mass is 345 g/mol. The first-order valence-corrected chi connectivity index (χ1v) is 7.43. The van der Waals surface area contributed by atoms with E-state index in [-0.39, 0.29) is 0 Å². The smallest absolute Gasteiger partial charge is 0.293 e. The van der Waals surface area contributed by atoms with Crippen LogP contribution in [0.3, 0.4) is 0 Å². The van der Waals surface area contributed by atoms with E-state index >= 15 is 0 Å². The number of halogens is 1. The molecule has 0 aliphatic rings. The molecule has 0 saturated carbocycles. The number of carbonyl (C=O) groups is 1. The van der Waals surface area contributed by atoms with Crippen LogP contribution in [0.1, 0.15) is 6.92 Å². The zero-order valence-corrected chi connectivity index (χ0v) is 13.3. The van der Waals surface area contributed by atoms with E-state index in [4.69, 9.17) is 0 Å². The Bertz CT molecular complexity index is 704. The van der Waals surface area contributed by atoms with Crippen molar-refractivity contribution in [3.8, 4) is 11.1 Å². The molecule has 21 heavy (non-hydrogen) atoms. The molecule has 0 aliphatic heterocycles. The van der Waals surface area contributed by atoms with Gasteiger partial charge in [0, 0.05) is 27.1 Å². The first-order chi connectivity index (χ1) is 10.3. The van der Waals surface area contributed by atoms with E-state index in [1.807, 2.05) is 6.07 Å². The third-order valence-electron chi connectivity index (χ3n) is 2.98. The summed E-state index contributed by atoms with van der Waals surface area (Å²) < 4.78 is 5.26. The number of aromatic nitrogens is 1. The molecule has 2 aromatic carbocycles. The average Bonchev–Trinajstić information content (AvgIpc) is 2.94. The van der Waals surface area contributed by atoms with Gasteiger partial charge in [0.15, 0.2) is 0 Å². The molecule has 1 heterocycles. The number of H-pyrrole nitrogens is 1. The highest BCUT2D eigenvalue weighted by Gasteiger charge is 2.04. The van der Waals surface area contributed by atoms with E-state index in [1.165, 1.54) is 22.0 Å². The van der Waals surface area contributed by atoms with Gasteiger partial charge in [-0.15, -0.1) is 0 Å². The Morgan fingerprint density at radius 2 is 1.86 bits per heavy atom. The largest absolute Gasteiger partial charge is 0.468 e. The Kier molecular flexibility index (Phi) is 5.58. The van der Waals surface area contributed by atoms with E-state index in [0.29, 0.717) is 13.1 Å². The molecule has 108 valence electrons. The molecular formula is C17H16BrNO2. The predicted molar refractivity (Wildman–Crippen MR) is 89.1 cm³/mol. The number of fused-ring (bicyclic) bond motifs is 1. The molecule has 0 unspecified atom stereocenters. The minimum absolute atomic E-state index is 0.431. The van der Waals surface area contributed by atoms with Crippen LogP contribution in [-0.2, 0) is 9.53 Å². The third kappa shape index (κ3) is 3.95. The summed E-state index contributed by atoms with van der Waals surface area (Å²) in [6, 6.07) is 16.7. The van der Waals surface area contributed by atoms with E-state index in [9.17, 15) is 4.79 Å². The first kappa shape index (κ1) is 15.3. The zero-order valence-electron chi connectivity index (χ0n) is 11.7. The third-order valence-corrected chi connectivity index (χ3v) is 3.51. The second-order valence-electron chi connectivity index (χ2n) is 4.31. The molecule has 1 aromatic heterocycles. The number of benzene rings is 2. The molecule has 3 nitrogen and oxygen atoms in total. The summed E-state index contributed by atoms with van der Waals surface area (Å²) in [5, 5.41) is 1.27. The lowest BCUT2D eigenvalue weighted by Gasteiger charge is -1.99. The molecule has 3 aromatic rings. The maximum absolute atomic E-state index is 9.18. The quantitative estimate of drug-likeness (QED) is 0.694. The highest BCUT2D eigenvalue weighted by molar-refractivity contribution is 9.10. The van der Waals surface area contributed by atoms with Crippen LogP contribution in [0.25, 0.3) is 22.0 Å². The number of para-hydroxylation sites is 1. The van der Waals surface area contributed by atoms with Gasteiger partial charge < -0.3 is 9.72 Å². The Morgan fingerprint density at radius 1 is 1.14 bits per heavy atom. The second-order valence-corrected chi connectivity index (χ2v) is 5.22. The van der Waals surface area contributed by atoms with Crippen molar-refractivity contribution in [2.24, 2.45) is 0 Å². The van der Waals surface area contributed by atoms with Crippen LogP contribution in [0.15, 0.2) is 59.2 Å². The van der Waals surface area contributed by atoms with Crippen LogP contribution in [0, 0.1) is 0 Å². The highest BCUT2D eigenvalue weighted by Crippen LogP contribution is 2.29.